The first-order valence-corrected chi connectivity index (χ1v) is 8.16. The number of nitrogens with two attached hydrogens (primary N) is 1. The summed E-state index contributed by atoms with van der Waals surface area (Å²) >= 11 is 0. The van der Waals surface area contributed by atoms with Gasteiger partial charge in [0.05, 0.1) is 6.20 Å². The molecule has 3 aromatic rings. The van der Waals surface area contributed by atoms with E-state index in [4.69, 9.17) is 10.2 Å². The van der Waals surface area contributed by atoms with Crippen LogP contribution in [-0.2, 0) is 6.54 Å². The van der Waals surface area contributed by atoms with Crippen molar-refractivity contribution in [2.45, 2.75) is 27.3 Å². The standard InChI is InChI=1S/C20H22N4O.HI/c1-13-4-6-16(7-5-13)18-11-22-19(25-18)12-23-20(21)24-17-9-14(2)8-15(3)10-17;/h4-11H,12H2,1-3H3,(H3,21,23,24);1H. The van der Waals surface area contributed by atoms with Gasteiger partial charge in [0.25, 0.3) is 0 Å². The third kappa shape index (κ3) is 5.32. The molecule has 3 rings (SSSR count). The van der Waals surface area contributed by atoms with Crippen molar-refractivity contribution in [3.63, 3.8) is 0 Å². The molecule has 1 heterocycles. The lowest BCUT2D eigenvalue weighted by atomic mass is 10.1. The lowest BCUT2D eigenvalue weighted by molar-refractivity contribution is 0.510. The van der Waals surface area contributed by atoms with E-state index < -0.39 is 0 Å². The van der Waals surface area contributed by atoms with E-state index >= 15 is 0 Å². The fourth-order valence-corrected chi connectivity index (χ4v) is 2.62. The molecule has 1 aromatic heterocycles. The summed E-state index contributed by atoms with van der Waals surface area (Å²) in [7, 11) is 0. The number of benzene rings is 2. The fourth-order valence-electron chi connectivity index (χ4n) is 2.62. The number of aromatic nitrogens is 1. The Morgan fingerprint density at radius 2 is 1.69 bits per heavy atom. The molecule has 0 bridgehead atoms. The van der Waals surface area contributed by atoms with E-state index in [0.717, 1.165) is 17.0 Å². The molecule has 0 saturated heterocycles. The number of nitrogens with one attached hydrogen (secondary N) is 1. The van der Waals surface area contributed by atoms with Gasteiger partial charge in [0.2, 0.25) is 5.89 Å². The lowest BCUT2D eigenvalue weighted by Crippen LogP contribution is -2.22. The Morgan fingerprint density at radius 3 is 2.35 bits per heavy atom. The topological polar surface area (TPSA) is 76.4 Å². The molecule has 0 unspecified atom stereocenters. The zero-order valence-electron chi connectivity index (χ0n) is 15.1. The molecule has 2 aromatic carbocycles. The molecule has 0 saturated carbocycles. The van der Waals surface area contributed by atoms with Crippen LogP contribution in [0, 0.1) is 20.8 Å². The molecule has 0 aliphatic heterocycles. The molecule has 5 nitrogen and oxygen atoms in total. The second-order valence-corrected chi connectivity index (χ2v) is 6.19. The van der Waals surface area contributed by atoms with Gasteiger partial charge in [-0.05, 0) is 44.0 Å². The molecular weight excluding hydrogens is 439 g/mol. The van der Waals surface area contributed by atoms with Crippen LogP contribution in [0.3, 0.4) is 0 Å². The Morgan fingerprint density at radius 1 is 1.04 bits per heavy atom. The van der Waals surface area contributed by atoms with E-state index in [9.17, 15) is 0 Å². The first-order chi connectivity index (χ1) is 12.0. The molecule has 0 fully saturated rings. The van der Waals surface area contributed by atoms with Gasteiger partial charge in [-0.15, -0.1) is 24.0 Å². The molecule has 136 valence electrons. The lowest BCUT2D eigenvalue weighted by Gasteiger charge is -2.07. The van der Waals surface area contributed by atoms with Crippen molar-refractivity contribution in [2.75, 3.05) is 5.32 Å². The third-order valence-electron chi connectivity index (χ3n) is 3.77. The Kier molecular flexibility index (Phi) is 6.79. The number of hydrogen-bond donors (Lipinski definition) is 2. The van der Waals surface area contributed by atoms with E-state index in [-0.39, 0.29) is 30.5 Å². The zero-order chi connectivity index (χ0) is 17.8. The van der Waals surface area contributed by atoms with E-state index in [1.807, 2.05) is 50.2 Å². The second kappa shape index (κ2) is 8.84. The normalized spacial score (nSPS) is 11.1. The SMILES string of the molecule is Cc1ccc(-c2cnc(CN=C(N)Nc3cc(C)cc(C)c3)o2)cc1.I. The Labute approximate surface area is 170 Å². The van der Waals surface area contributed by atoms with Crippen LogP contribution in [-0.4, -0.2) is 10.9 Å². The molecule has 0 spiro atoms. The van der Waals surface area contributed by atoms with Gasteiger partial charge in [-0.1, -0.05) is 35.9 Å². The highest BCUT2D eigenvalue weighted by atomic mass is 127. The van der Waals surface area contributed by atoms with Crippen molar-refractivity contribution in [1.29, 1.82) is 0 Å². The van der Waals surface area contributed by atoms with E-state index in [1.165, 1.54) is 16.7 Å². The summed E-state index contributed by atoms with van der Waals surface area (Å²) in [5, 5.41) is 3.10. The van der Waals surface area contributed by atoms with Gasteiger partial charge in [0.1, 0.15) is 6.54 Å². The predicted molar refractivity (Wildman–Crippen MR) is 117 cm³/mol. The highest BCUT2D eigenvalue weighted by Gasteiger charge is 2.06. The first kappa shape index (κ1) is 20.0. The molecule has 0 aliphatic rings. The van der Waals surface area contributed by atoms with Crippen LogP contribution in [0.2, 0.25) is 0 Å². The van der Waals surface area contributed by atoms with Gasteiger partial charge in [-0.2, -0.15) is 0 Å². The van der Waals surface area contributed by atoms with Crippen LogP contribution >= 0.6 is 24.0 Å². The monoisotopic (exact) mass is 462 g/mol. The summed E-state index contributed by atoms with van der Waals surface area (Å²) in [5.74, 6) is 1.59. The Bertz CT molecular complexity index is 880. The van der Waals surface area contributed by atoms with Gasteiger partial charge >= 0.3 is 0 Å². The number of anilines is 1. The highest BCUT2D eigenvalue weighted by Crippen LogP contribution is 2.21. The van der Waals surface area contributed by atoms with Crippen molar-refractivity contribution in [3.8, 4) is 11.3 Å². The first-order valence-electron chi connectivity index (χ1n) is 8.16. The van der Waals surface area contributed by atoms with Crippen molar-refractivity contribution in [3.05, 3.63) is 71.2 Å². The molecule has 6 heteroatoms. The number of guanidine groups is 1. The Hall–Kier alpha value is -2.35. The second-order valence-electron chi connectivity index (χ2n) is 6.19. The number of aryl methyl sites for hydroxylation is 3. The number of oxazole rings is 1. The number of rotatable bonds is 4. The van der Waals surface area contributed by atoms with Crippen molar-refractivity contribution >= 4 is 35.6 Å². The van der Waals surface area contributed by atoms with Crippen LogP contribution in [0.4, 0.5) is 5.69 Å². The summed E-state index contributed by atoms with van der Waals surface area (Å²) in [6.45, 7) is 6.43. The van der Waals surface area contributed by atoms with Gasteiger partial charge in [0, 0.05) is 11.3 Å². The van der Waals surface area contributed by atoms with E-state index in [1.54, 1.807) is 6.20 Å². The zero-order valence-corrected chi connectivity index (χ0v) is 17.4. The Balaban J connectivity index is 0.00000243. The minimum Gasteiger partial charge on any atom is -0.439 e. The molecule has 0 amide bonds. The van der Waals surface area contributed by atoms with Gasteiger partial charge in [-0.3, -0.25) is 0 Å². The smallest absolute Gasteiger partial charge is 0.216 e. The average Bonchev–Trinajstić information content (AvgIpc) is 3.01. The fraction of sp³-hybridized carbons (Fsp3) is 0.200. The third-order valence-corrected chi connectivity index (χ3v) is 3.77. The van der Waals surface area contributed by atoms with Crippen LogP contribution in [0.1, 0.15) is 22.6 Å². The van der Waals surface area contributed by atoms with Crippen LogP contribution in [0.25, 0.3) is 11.3 Å². The van der Waals surface area contributed by atoms with E-state index in [2.05, 4.69) is 28.3 Å². The molecule has 26 heavy (non-hydrogen) atoms. The minimum absolute atomic E-state index is 0. The molecule has 0 radical (unpaired) electrons. The maximum absolute atomic E-state index is 5.96. The van der Waals surface area contributed by atoms with Gasteiger partial charge < -0.3 is 15.5 Å². The molecule has 0 aliphatic carbocycles. The van der Waals surface area contributed by atoms with E-state index in [0.29, 0.717) is 11.9 Å². The van der Waals surface area contributed by atoms with Crippen molar-refractivity contribution < 1.29 is 4.42 Å². The number of halogens is 1. The number of hydrogen-bond acceptors (Lipinski definition) is 3. The molecule has 0 atom stereocenters. The molecule has 3 N–H and O–H groups in total. The number of nitrogens with zero attached hydrogens (tertiary/aromatic N) is 2. The summed E-state index contributed by atoms with van der Waals surface area (Å²) in [5.41, 5.74) is 11.4. The van der Waals surface area contributed by atoms with Gasteiger partial charge in [0.15, 0.2) is 11.7 Å². The minimum atomic E-state index is 0. The average molecular weight is 462 g/mol. The number of aliphatic imine (C=N–C) groups is 1. The quantitative estimate of drug-likeness (QED) is 0.332. The molecular formula is C20H23IN4O. The maximum Gasteiger partial charge on any atom is 0.216 e. The van der Waals surface area contributed by atoms with Crippen molar-refractivity contribution in [2.24, 2.45) is 10.7 Å². The summed E-state index contributed by atoms with van der Waals surface area (Å²) in [6.07, 6.45) is 1.71. The summed E-state index contributed by atoms with van der Waals surface area (Å²) < 4.78 is 5.75. The summed E-state index contributed by atoms with van der Waals surface area (Å²) in [6, 6.07) is 14.3. The van der Waals surface area contributed by atoms with Crippen LogP contribution in [0.15, 0.2) is 58.1 Å². The van der Waals surface area contributed by atoms with Crippen molar-refractivity contribution in [1.82, 2.24) is 4.98 Å². The largest absolute Gasteiger partial charge is 0.439 e. The highest BCUT2D eigenvalue weighted by molar-refractivity contribution is 14.0. The van der Waals surface area contributed by atoms with Crippen LogP contribution in [0.5, 0.6) is 0 Å². The predicted octanol–water partition coefficient (Wildman–Crippen LogP) is 4.81. The van der Waals surface area contributed by atoms with Crippen LogP contribution < -0.4 is 11.1 Å². The maximum atomic E-state index is 5.96. The van der Waals surface area contributed by atoms with Gasteiger partial charge in [-0.25, -0.2) is 9.98 Å². The summed E-state index contributed by atoms with van der Waals surface area (Å²) in [4.78, 5) is 8.56.